The van der Waals surface area contributed by atoms with Gasteiger partial charge in [-0.15, -0.1) is 0 Å². The van der Waals surface area contributed by atoms with Crippen molar-refractivity contribution in [1.29, 1.82) is 0 Å². The second kappa shape index (κ2) is 6.75. The van der Waals surface area contributed by atoms with Crippen molar-refractivity contribution < 1.29 is 14.4 Å². The average molecular weight is 328 g/mol. The Morgan fingerprint density at radius 2 is 1.71 bits per heavy atom. The van der Waals surface area contributed by atoms with E-state index < -0.39 is 0 Å². The molecule has 2 aliphatic rings. The van der Waals surface area contributed by atoms with Crippen LogP contribution < -0.4 is 5.32 Å². The van der Waals surface area contributed by atoms with Crippen LogP contribution in [0, 0.1) is 5.41 Å². The number of piperidine rings is 1. The fourth-order valence-electron chi connectivity index (χ4n) is 3.94. The molecule has 5 heteroatoms. The summed E-state index contributed by atoms with van der Waals surface area (Å²) in [6.45, 7) is 1.71. The molecule has 1 spiro atoms. The lowest BCUT2D eigenvalue weighted by Crippen LogP contribution is -2.51. The maximum atomic E-state index is 12.4. The highest BCUT2D eigenvalue weighted by Crippen LogP contribution is 2.46. The van der Waals surface area contributed by atoms with Gasteiger partial charge in [-0.25, -0.2) is 0 Å². The van der Waals surface area contributed by atoms with Crippen LogP contribution >= 0.6 is 0 Å². The molecule has 0 unspecified atom stereocenters. The molecule has 0 aromatic heterocycles. The summed E-state index contributed by atoms with van der Waals surface area (Å²) in [5.74, 6) is -0.693. The third-order valence-electron chi connectivity index (χ3n) is 5.30. The number of amides is 3. The lowest BCUT2D eigenvalue weighted by Gasteiger charge is -2.37. The zero-order valence-electron chi connectivity index (χ0n) is 14.1. The summed E-state index contributed by atoms with van der Waals surface area (Å²) in [4.78, 5) is 38.1. The number of hydrogen-bond donors (Lipinski definition) is 1. The molecule has 3 amide bonds. The van der Waals surface area contributed by atoms with Crippen molar-refractivity contribution in [1.82, 2.24) is 10.2 Å². The molecule has 1 heterocycles. The molecule has 1 N–H and O–H groups in total. The van der Waals surface area contributed by atoms with Crippen molar-refractivity contribution in [3.8, 4) is 0 Å². The summed E-state index contributed by atoms with van der Waals surface area (Å²) in [7, 11) is 0. The molecule has 24 heavy (non-hydrogen) atoms. The van der Waals surface area contributed by atoms with E-state index in [-0.39, 0.29) is 35.7 Å². The highest BCUT2D eigenvalue weighted by molar-refractivity contribution is 6.01. The Hall–Kier alpha value is -2.17. The van der Waals surface area contributed by atoms with E-state index in [1.807, 2.05) is 37.3 Å². The number of rotatable bonds is 4. The molecular weight excluding hydrogens is 304 g/mol. The summed E-state index contributed by atoms with van der Waals surface area (Å²) in [5, 5.41) is 2.86. The minimum absolute atomic E-state index is 0.127. The van der Waals surface area contributed by atoms with Gasteiger partial charge >= 0.3 is 0 Å². The van der Waals surface area contributed by atoms with Crippen LogP contribution in [0.4, 0.5) is 0 Å². The van der Waals surface area contributed by atoms with Crippen molar-refractivity contribution in [3.63, 3.8) is 0 Å². The lowest BCUT2D eigenvalue weighted by atomic mass is 9.76. The van der Waals surface area contributed by atoms with Crippen molar-refractivity contribution in [3.05, 3.63) is 35.9 Å². The van der Waals surface area contributed by atoms with Crippen LogP contribution in [-0.2, 0) is 14.4 Å². The van der Waals surface area contributed by atoms with E-state index in [0.717, 1.165) is 36.1 Å². The average Bonchev–Trinajstić information content (AvgIpc) is 2.99. The summed E-state index contributed by atoms with van der Waals surface area (Å²) in [6.07, 6.45) is 4.90. The van der Waals surface area contributed by atoms with E-state index in [1.54, 1.807) is 0 Å². The maximum absolute atomic E-state index is 12.4. The summed E-state index contributed by atoms with van der Waals surface area (Å²) >= 11 is 0. The number of benzene rings is 1. The van der Waals surface area contributed by atoms with Crippen molar-refractivity contribution in [2.45, 2.75) is 51.5 Å². The topological polar surface area (TPSA) is 66.5 Å². The molecule has 1 atom stereocenters. The second-order valence-corrected chi connectivity index (χ2v) is 7.13. The summed E-state index contributed by atoms with van der Waals surface area (Å²) < 4.78 is 0. The van der Waals surface area contributed by atoms with Crippen LogP contribution in [0.5, 0.6) is 0 Å². The van der Waals surface area contributed by atoms with Crippen LogP contribution in [0.3, 0.4) is 0 Å². The smallest absolute Gasteiger partial charge is 0.240 e. The van der Waals surface area contributed by atoms with Gasteiger partial charge in [-0.3, -0.25) is 19.3 Å². The SMILES string of the molecule is C[C@@H](NC(=O)CN1C(=O)CC2(CCCC2)CC1=O)c1ccccc1. The Bertz CT molecular complexity index is 615. The first-order valence-corrected chi connectivity index (χ1v) is 8.67. The van der Waals surface area contributed by atoms with Gasteiger partial charge in [0, 0.05) is 12.8 Å². The molecule has 0 radical (unpaired) electrons. The van der Waals surface area contributed by atoms with Gasteiger partial charge in [-0.2, -0.15) is 0 Å². The number of hydrogen-bond acceptors (Lipinski definition) is 3. The van der Waals surface area contributed by atoms with Gasteiger partial charge in [0.1, 0.15) is 6.54 Å². The predicted octanol–water partition coefficient (Wildman–Crippen LogP) is 2.57. The zero-order chi connectivity index (χ0) is 17.2. The highest BCUT2D eigenvalue weighted by atomic mass is 16.2. The molecule has 1 aromatic carbocycles. The van der Waals surface area contributed by atoms with Crippen LogP contribution in [0.25, 0.3) is 0 Å². The van der Waals surface area contributed by atoms with E-state index in [0.29, 0.717) is 12.8 Å². The molecule has 1 saturated heterocycles. The Kier molecular flexibility index (Phi) is 4.69. The summed E-state index contributed by atoms with van der Waals surface area (Å²) in [6, 6.07) is 9.46. The lowest BCUT2D eigenvalue weighted by molar-refractivity contribution is -0.155. The standard InChI is InChI=1S/C19H24N2O3/c1-14(15-7-3-2-4-8-15)20-16(22)13-21-17(23)11-19(12-18(21)24)9-5-6-10-19/h2-4,7-8,14H,5-6,9-13H2,1H3,(H,20,22)/t14-/m1/s1. The molecule has 1 saturated carbocycles. The first-order chi connectivity index (χ1) is 11.5. The van der Waals surface area contributed by atoms with E-state index in [9.17, 15) is 14.4 Å². The number of carbonyl (C=O) groups excluding carboxylic acids is 3. The Labute approximate surface area is 142 Å². The molecular formula is C19H24N2O3. The van der Waals surface area contributed by atoms with Gasteiger partial charge in [-0.05, 0) is 30.7 Å². The van der Waals surface area contributed by atoms with Crippen molar-refractivity contribution >= 4 is 17.7 Å². The molecule has 3 rings (SSSR count). The molecule has 5 nitrogen and oxygen atoms in total. The molecule has 128 valence electrons. The number of nitrogens with one attached hydrogen (secondary N) is 1. The van der Waals surface area contributed by atoms with Crippen LogP contribution in [0.15, 0.2) is 30.3 Å². The minimum atomic E-state index is -0.296. The predicted molar refractivity (Wildman–Crippen MR) is 89.9 cm³/mol. The molecule has 0 bridgehead atoms. The molecule has 1 aliphatic heterocycles. The fourth-order valence-corrected chi connectivity index (χ4v) is 3.94. The molecule has 2 fully saturated rings. The van der Waals surface area contributed by atoms with Crippen LogP contribution in [0.2, 0.25) is 0 Å². The first kappa shape index (κ1) is 16.7. The van der Waals surface area contributed by atoms with E-state index in [1.165, 1.54) is 0 Å². The van der Waals surface area contributed by atoms with Gasteiger partial charge in [0.25, 0.3) is 0 Å². The third kappa shape index (κ3) is 3.50. The van der Waals surface area contributed by atoms with Gasteiger partial charge in [-0.1, -0.05) is 43.2 Å². The van der Waals surface area contributed by atoms with E-state index >= 15 is 0 Å². The van der Waals surface area contributed by atoms with E-state index in [4.69, 9.17) is 0 Å². The Morgan fingerprint density at radius 1 is 1.12 bits per heavy atom. The number of imide groups is 1. The van der Waals surface area contributed by atoms with Crippen LogP contribution in [0.1, 0.15) is 57.1 Å². The first-order valence-electron chi connectivity index (χ1n) is 8.67. The van der Waals surface area contributed by atoms with Crippen LogP contribution in [-0.4, -0.2) is 29.2 Å². The minimum Gasteiger partial charge on any atom is -0.348 e. The quantitative estimate of drug-likeness (QED) is 0.864. The third-order valence-corrected chi connectivity index (χ3v) is 5.30. The maximum Gasteiger partial charge on any atom is 0.240 e. The number of likely N-dealkylation sites (tertiary alicyclic amines) is 1. The zero-order valence-corrected chi connectivity index (χ0v) is 14.1. The van der Waals surface area contributed by atoms with Gasteiger partial charge in [0.15, 0.2) is 0 Å². The van der Waals surface area contributed by atoms with E-state index in [2.05, 4.69) is 5.32 Å². The Morgan fingerprint density at radius 3 is 2.29 bits per heavy atom. The molecule has 1 aromatic rings. The highest BCUT2D eigenvalue weighted by Gasteiger charge is 2.45. The van der Waals surface area contributed by atoms with Gasteiger partial charge < -0.3 is 5.32 Å². The number of carbonyl (C=O) groups is 3. The van der Waals surface area contributed by atoms with Gasteiger partial charge in [0.05, 0.1) is 6.04 Å². The van der Waals surface area contributed by atoms with Gasteiger partial charge in [0.2, 0.25) is 17.7 Å². The molecule has 1 aliphatic carbocycles. The second-order valence-electron chi connectivity index (χ2n) is 7.13. The normalized spacial score (nSPS) is 21.1. The van der Waals surface area contributed by atoms with Crippen molar-refractivity contribution in [2.24, 2.45) is 5.41 Å². The monoisotopic (exact) mass is 328 g/mol. The summed E-state index contributed by atoms with van der Waals surface area (Å²) in [5.41, 5.74) is 0.866. The number of nitrogens with zero attached hydrogens (tertiary/aromatic N) is 1. The fraction of sp³-hybridized carbons (Fsp3) is 0.526. The largest absolute Gasteiger partial charge is 0.348 e. The van der Waals surface area contributed by atoms with Crippen molar-refractivity contribution in [2.75, 3.05) is 6.54 Å². The Balaban J connectivity index is 1.58.